The average molecular weight is 483 g/mol. The van der Waals surface area contributed by atoms with Gasteiger partial charge in [-0.25, -0.2) is 19.4 Å². The quantitative estimate of drug-likeness (QED) is 0.355. The highest BCUT2D eigenvalue weighted by Crippen LogP contribution is 2.34. The number of halogens is 4. The minimum Gasteiger partial charge on any atom is -0.509 e. The molecular formula is C22H22F4N4O2S. The number of carbonyl (C=O) groups excluding carboxylic acids is 1. The van der Waals surface area contributed by atoms with Gasteiger partial charge in [-0.15, -0.1) is 11.8 Å². The molecule has 1 aliphatic rings. The van der Waals surface area contributed by atoms with Crippen molar-refractivity contribution in [1.82, 2.24) is 9.99 Å². The summed E-state index contributed by atoms with van der Waals surface area (Å²) in [5.74, 6) is -1.31. The van der Waals surface area contributed by atoms with Crippen molar-refractivity contribution in [3.8, 4) is 0 Å². The third-order valence-electron chi connectivity index (χ3n) is 4.67. The Morgan fingerprint density at radius 1 is 1.12 bits per heavy atom. The van der Waals surface area contributed by atoms with E-state index in [1.165, 1.54) is 40.3 Å². The second-order valence-electron chi connectivity index (χ2n) is 8.16. The summed E-state index contributed by atoms with van der Waals surface area (Å²) in [5, 5.41) is 13.8. The van der Waals surface area contributed by atoms with E-state index in [1.807, 2.05) is 0 Å². The van der Waals surface area contributed by atoms with E-state index in [-0.39, 0.29) is 28.6 Å². The SMILES string of the molecule is CSC(=Nc1ccc(F)cc1)C1=C(O)CN(c2ccc(C(F)(F)F)nc2)N(C(C)(C)C)C1=O. The van der Waals surface area contributed by atoms with Gasteiger partial charge in [-0.3, -0.25) is 9.80 Å². The topological polar surface area (TPSA) is 69.0 Å². The second-order valence-corrected chi connectivity index (χ2v) is 8.96. The van der Waals surface area contributed by atoms with E-state index in [0.717, 1.165) is 24.0 Å². The van der Waals surface area contributed by atoms with E-state index in [4.69, 9.17) is 0 Å². The third kappa shape index (κ3) is 5.29. The van der Waals surface area contributed by atoms with Crippen LogP contribution in [0.15, 0.2) is 58.9 Å². The third-order valence-corrected chi connectivity index (χ3v) is 5.35. The summed E-state index contributed by atoms with van der Waals surface area (Å²) in [5.41, 5.74) is -1.29. The first-order valence-electron chi connectivity index (χ1n) is 9.79. The Kier molecular flexibility index (Phi) is 6.73. The van der Waals surface area contributed by atoms with Gasteiger partial charge in [-0.05, 0) is 63.4 Å². The van der Waals surface area contributed by atoms with Crippen LogP contribution < -0.4 is 5.01 Å². The second kappa shape index (κ2) is 9.05. The lowest BCUT2D eigenvalue weighted by Crippen LogP contribution is -2.60. The van der Waals surface area contributed by atoms with Gasteiger partial charge in [-0.2, -0.15) is 13.2 Å². The molecule has 3 rings (SSSR count). The summed E-state index contributed by atoms with van der Waals surface area (Å²) in [6.07, 6.45) is -1.90. The number of benzene rings is 1. The molecule has 176 valence electrons. The number of rotatable bonds is 3. The molecule has 0 atom stereocenters. The van der Waals surface area contributed by atoms with Crippen LogP contribution >= 0.6 is 11.8 Å². The van der Waals surface area contributed by atoms with Crippen LogP contribution in [0, 0.1) is 5.82 Å². The minimum absolute atomic E-state index is 0.0297. The van der Waals surface area contributed by atoms with Crippen molar-refractivity contribution >= 4 is 34.1 Å². The van der Waals surface area contributed by atoms with Gasteiger partial charge in [0.2, 0.25) is 0 Å². The molecule has 0 saturated heterocycles. The number of carbonyl (C=O) groups is 1. The van der Waals surface area contributed by atoms with Gasteiger partial charge in [0, 0.05) is 0 Å². The number of amides is 1. The first-order chi connectivity index (χ1) is 15.3. The highest BCUT2D eigenvalue weighted by Gasteiger charge is 2.42. The summed E-state index contributed by atoms with van der Waals surface area (Å²) < 4.78 is 51.9. The van der Waals surface area contributed by atoms with Crippen molar-refractivity contribution in [2.75, 3.05) is 17.8 Å². The first-order valence-corrected chi connectivity index (χ1v) is 11.0. The van der Waals surface area contributed by atoms with Gasteiger partial charge in [0.15, 0.2) is 0 Å². The van der Waals surface area contributed by atoms with Gasteiger partial charge in [-0.1, -0.05) is 0 Å². The van der Waals surface area contributed by atoms with E-state index in [1.54, 1.807) is 27.0 Å². The van der Waals surface area contributed by atoms with Crippen LogP contribution in [0.1, 0.15) is 26.5 Å². The number of anilines is 1. The van der Waals surface area contributed by atoms with Crippen LogP contribution in [0.4, 0.5) is 28.9 Å². The summed E-state index contributed by atoms with van der Waals surface area (Å²) in [7, 11) is 0. The van der Waals surface area contributed by atoms with E-state index < -0.39 is 29.1 Å². The first kappa shape index (κ1) is 24.6. The standard InChI is InChI=1S/C22H22F4N4O2S/c1-21(2,3)30-20(32)18(19(33-4)28-14-7-5-13(23)6-8-14)16(31)12-29(30)15-9-10-17(27-11-15)22(24,25)26/h5-11,31H,12H2,1-4H3. The molecule has 0 bridgehead atoms. The number of thioether (sulfide) groups is 1. The Labute approximate surface area is 192 Å². The van der Waals surface area contributed by atoms with E-state index in [2.05, 4.69) is 9.98 Å². The number of aliphatic imine (C=N–C) groups is 1. The Morgan fingerprint density at radius 3 is 2.24 bits per heavy atom. The summed E-state index contributed by atoms with van der Waals surface area (Å²) in [4.78, 5) is 21.4. The van der Waals surface area contributed by atoms with Gasteiger partial charge in [0.05, 0.1) is 29.7 Å². The number of hydrogen-bond donors (Lipinski definition) is 1. The molecule has 2 aromatic rings. The molecule has 0 spiro atoms. The van der Waals surface area contributed by atoms with Crippen LogP contribution in [0.25, 0.3) is 0 Å². The predicted molar refractivity (Wildman–Crippen MR) is 120 cm³/mol. The van der Waals surface area contributed by atoms with Gasteiger partial charge in [0.1, 0.15) is 27.9 Å². The fourth-order valence-corrected chi connectivity index (χ4v) is 3.87. The molecular weight excluding hydrogens is 460 g/mol. The number of pyridine rings is 1. The molecule has 1 aromatic carbocycles. The monoisotopic (exact) mass is 482 g/mol. The van der Waals surface area contributed by atoms with Crippen LogP contribution in [-0.4, -0.2) is 44.4 Å². The fourth-order valence-electron chi connectivity index (χ4n) is 3.26. The average Bonchev–Trinajstić information content (AvgIpc) is 2.72. The van der Waals surface area contributed by atoms with Crippen LogP contribution in [0.5, 0.6) is 0 Å². The van der Waals surface area contributed by atoms with Crippen molar-refractivity contribution in [3.05, 3.63) is 65.4 Å². The van der Waals surface area contributed by atoms with E-state index in [9.17, 15) is 27.5 Å². The highest BCUT2D eigenvalue weighted by atomic mass is 32.2. The lowest BCUT2D eigenvalue weighted by molar-refractivity contribution is -0.141. The van der Waals surface area contributed by atoms with Crippen molar-refractivity contribution in [2.24, 2.45) is 4.99 Å². The van der Waals surface area contributed by atoms with Crippen LogP contribution in [-0.2, 0) is 11.0 Å². The molecule has 0 saturated carbocycles. The molecule has 1 amide bonds. The Balaban J connectivity index is 2.06. The Hall–Kier alpha value is -3.08. The fraction of sp³-hybridized carbons (Fsp3) is 0.318. The summed E-state index contributed by atoms with van der Waals surface area (Å²) in [6.45, 7) is 5.08. The lowest BCUT2D eigenvalue weighted by atomic mass is 10.0. The number of nitrogens with zero attached hydrogens (tertiary/aromatic N) is 4. The molecule has 1 aliphatic heterocycles. The van der Waals surface area contributed by atoms with Crippen molar-refractivity contribution in [1.29, 1.82) is 0 Å². The summed E-state index contributed by atoms with van der Waals surface area (Å²) >= 11 is 1.13. The van der Waals surface area contributed by atoms with Gasteiger partial charge in [0.25, 0.3) is 5.91 Å². The van der Waals surface area contributed by atoms with E-state index >= 15 is 0 Å². The number of aliphatic hydroxyl groups is 1. The van der Waals surface area contributed by atoms with Crippen molar-refractivity contribution in [2.45, 2.75) is 32.5 Å². The molecule has 1 N–H and O–H groups in total. The number of hydrazine groups is 1. The smallest absolute Gasteiger partial charge is 0.433 e. The largest absolute Gasteiger partial charge is 0.509 e. The number of aliphatic hydroxyl groups excluding tert-OH is 1. The Morgan fingerprint density at radius 2 is 1.76 bits per heavy atom. The lowest BCUT2D eigenvalue weighted by Gasteiger charge is -2.47. The Bertz CT molecular complexity index is 1090. The zero-order valence-electron chi connectivity index (χ0n) is 18.3. The molecule has 11 heteroatoms. The van der Waals surface area contributed by atoms with Gasteiger partial charge < -0.3 is 5.11 Å². The molecule has 0 radical (unpaired) electrons. The van der Waals surface area contributed by atoms with Crippen molar-refractivity contribution in [3.63, 3.8) is 0 Å². The molecule has 33 heavy (non-hydrogen) atoms. The zero-order chi connectivity index (χ0) is 24.6. The maximum absolute atomic E-state index is 13.5. The predicted octanol–water partition coefficient (Wildman–Crippen LogP) is 5.51. The zero-order valence-corrected chi connectivity index (χ0v) is 19.1. The molecule has 0 unspecified atom stereocenters. The van der Waals surface area contributed by atoms with Crippen LogP contribution in [0.2, 0.25) is 0 Å². The maximum Gasteiger partial charge on any atom is 0.433 e. The number of alkyl halides is 3. The van der Waals surface area contributed by atoms with Crippen LogP contribution in [0.3, 0.4) is 0 Å². The van der Waals surface area contributed by atoms with E-state index in [0.29, 0.717) is 5.69 Å². The molecule has 6 nitrogen and oxygen atoms in total. The van der Waals surface area contributed by atoms with Gasteiger partial charge >= 0.3 is 6.18 Å². The normalized spacial score (nSPS) is 16.0. The number of aromatic nitrogens is 1. The molecule has 2 heterocycles. The highest BCUT2D eigenvalue weighted by molar-refractivity contribution is 8.14. The molecule has 0 aliphatic carbocycles. The van der Waals surface area contributed by atoms with Crippen molar-refractivity contribution < 1.29 is 27.5 Å². The maximum atomic E-state index is 13.5. The number of hydrogen-bond acceptors (Lipinski definition) is 6. The molecule has 0 fully saturated rings. The minimum atomic E-state index is -4.60. The summed E-state index contributed by atoms with van der Waals surface area (Å²) in [6, 6.07) is 7.36. The molecule has 1 aromatic heterocycles.